The fourth-order valence-electron chi connectivity index (χ4n) is 12.5. The van der Waals surface area contributed by atoms with Crippen LogP contribution < -0.4 is 5.32 Å². The first-order valence-corrected chi connectivity index (χ1v) is 39.9. The Morgan fingerprint density at radius 3 is 0.875 bits per heavy atom. The van der Waals surface area contributed by atoms with E-state index in [2.05, 4.69) is 55.6 Å². The molecule has 0 bridgehead atoms. The van der Waals surface area contributed by atoms with Crippen LogP contribution in [0.25, 0.3) is 0 Å². The average Bonchev–Trinajstić information content (AvgIpc) is 3.58. The Morgan fingerprint density at radius 2 is 0.568 bits per heavy atom. The number of aliphatic hydroxyl groups excluding tert-OH is 2. The first kappa shape index (κ1) is 85.8. The molecule has 0 rings (SSSR count). The van der Waals surface area contributed by atoms with E-state index in [9.17, 15) is 19.8 Å². The molecule has 0 spiro atoms. The predicted octanol–water partition coefficient (Wildman–Crippen LogP) is 26.4. The Balaban J connectivity index is 3.41. The van der Waals surface area contributed by atoms with Gasteiger partial charge in [0.25, 0.3) is 0 Å². The molecule has 0 saturated heterocycles. The first-order valence-electron chi connectivity index (χ1n) is 39.9. The number of hydrogen-bond donors (Lipinski definition) is 3. The van der Waals surface area contributed by atoms with Crippen LogP contribution in [0.1, 0.15) is 438 Å². The highest BCUT2D eigenvalue weighted by Crippen LogP contribution is 2.19. The molecule has 3 N–H and O–H groups in total. The monoisotopic (exact) mass is 1230 g/mol. The van der Waals surface area contributed by atoms with Gasteiger partial charge >= 0.3 is 5.97 Å². The highest BCUT2D eigenvalue weighted by molar-refractivity contribution is 5.76. The summed E-state index contributed by atoms with van der Waals surface area (Å²) in [5.41, 5.74) is 0. The third kappa shape index (κ3) is 72.9. The molecule has 0 aromatic rings. The maximum absolute atomic E-state index is 12.6. The van der Waals surface area contributed by atoms with Crippen molar-refractivity contribution in [1.29, 1.82) is 0 Å². The topological polar surface area (TPSA) is 95.9 Å². The molecule has 88 heavy (non-hydrogen) atoms. The fraction of sp³-hybridized carbons (Fsp3) is 0.878. The Bertz CT molecular complexity index is 1470. The van der Waals surface area contributed by atoms with E-state index in [0.29, 0.717) is 19.4 Å². The molecule has 0 fully saturated rings. The van der Waals surface area contributed by atoms with Gasteiger partial charge in [-0.05, 0) is 89.9 Å². The summed E-state index contributed by atoms with van der Waals surface area (Å²) in [5, 5.41) is 23.3. The summed E-state index contributed by atoms with van der Waals surface area (Å²) in [4.78, 5) is 24.7. The summed E-state index contributed by atoms with van der Waals surface area (Å²) in [6.07, 6.45) is 102. The van der Waals surface area contributed by atoms with Crippen LogP contribution in [0, 0.1) is 0 Å². The van der Waals surface area contributed by atoms with Crippen LogP contribution in [-0.4, -0.2) is 47.4 Å². The van der Waals surface area contributed by atoms with Gasteiger partial charge in [-0.1, -0.05) is 383 Å². The Morgan fingerprint density at radius 1 is 0.318 bits per heavy atom. The molecule has 0 aliphatic heterocycles. The third-order valence-electron chi connectivity index (χ3n) is 18.6. The fourth-order valence-corrected chi connectivity index (χ4v) is 12.5. The quantitative estimate of drug-likeness (QED) is 0.0320. The largest absolute Gasteiger partial charge is 0.466 e. The van der Waals surface area contributed by atoms with Crippen molar-refractivity contribution in [3.63, 3.8) is 0 Å². The summed E-state index contributed by atoms with van der Waals surface area (Å²) in [5.74, 6) is -0.0529. The van der Waals surface area contributed by atoms with Crippen molar-refractivity contribution in [3.05, 3.63) is 48.6 Å². The van der Waals surface area contributed by atoms with Crippen LogP contribution in [0.4, 0.5) is 0 Å². The zero-order valence-electron chi connectivity index (χ0n) is 59.5. The molecule has 518 valence electrons. The standard InChI is InChI=1S/C82H155NO5/c1-3-5-7-9-11-13-15-17-19-21-22-23-33-36-39-43-46-50-54-58-62-66-70-74-80(85)79(78-84)83-81(86)75-71-67-63-59-55-51-47-44-40-37-34-31-29-27-25-24-26-28-30-32-35-38-41-45-49-53-57-61-65-69-73-77-88-82(87)76-72-68-64-60-56-52-48-42-20-18-16-14-12-10-8-6-4-2/h18,20,26,28,32,35,70,74,79-80,84-85H,3-17,19,21-25,27,29-31,33-34,36-69,71-73,75-78H2,1-2H3,(H,83,86)/b20-18-,28-26-,35-32-,74-70+. The number of ether oxygens (including phenoxy) is 1. The van der Waals surface area contributed by atoms with Gasteiger partial charge in [-0.3, -0.25) is 9.59 Å². The molecule has 0 aliphatic rings. The number of unbranched alkanes of at least 4 members (excludes halogenated alkanes) is 58. The van der Waals surface area contributed by atoms with Crippen molar-refractivity contribution in [2.75, 3.05) is 13.2 Å². The van der Waals surface area contributed by atoms with E-state index < -0.39 is 12.1 Å². The van der Waals surface area contributed by atoms with Crippen molar-refractivity contribution >= 4 is 11.9 Å². The summed E-state index contributed by atoms with van der Waals surface area (Å²) in [6, 6.07) is -0.630. The Hall–Kier alpha value is -2.18. The molecule has 6 heteroatoms. The van der Waals surface area contributed by atoms with E-state index in [0.717, 1.165) is 51.4 Å². The number of allylic oxidation sites excluding steroid dienone is 7. The van der Waals surface area contributed by atoms with Crippen LogP contribution in [0.3, 0.4) is 0 Å². The van der Waals surface area contributed by atoms with Crippen molar-refractivity contribution in [2.45, 2.75) is 450 Å². The molecule has 2 atom stereocenters. The minimum absolute atomic E-state index is 0.0101. The van der Waals surface area contributed by atoms with Gasteiger partial charge in [0.15, 0.2) is 0 Å². The van der Waals surface area contributed by atoms with Crippen LogP contribution in [-0.2, 0) is 14.3 Å². The summed E-state index contributed by atoms with van der Waals surface area (Å²) < 4.78 is 5.50. The van der Waals surface area contributed by atoms with Crippen LogP contribution in [0.2, 0.25) is 0 Å². The molecule has 0 aromatic carbocycles. The van der Waals surface area contributed by atoms with Crippen LogP contribution in [0.15, 0.2) is 48.6 Å². The number of aliphatic hydroxyl groups is 2. The molecule has 0 saturated carbocycles. The van der Waals surface area contributed by atoms with Gasteiger partial charge in [-0.2, -0.15) is 0 Å². The molecule has 0 aromatic heterocycles. The summed E-state index contributed by atoms with van der Waals surface area (Å²) in [7, 11) is 0. The zero-order chi connectivity index (χ0) is 63.5. The van der Waals surface area contributed by atoms with Crippen molar-refractivity contribution in [1.82, 2.24) is 5.32 Å². The normalized spacial score (nSPS) is 12.7. The number of nitrogens with one attached hydrogen (secondary N) is 1. The van der Waals surface area contributed by atoms with E-state index >= 15 is 0 Å². The number of carbonyl (C=O) groups excluding carboxylic acids is 2. The lowest BCUT2D eigenvalue weighted by atomic mass is 10.0. The summed E-state index contributed by atoms with van der Waals surface area (Å²) in [6.45, 7) is 4.94. The van der Waals surface area contributed by atoms with Gasteiger partial charge in [0.1, 0.15) is 0 Å². The SMILES string of the molecule is CCCCCCCC/C=C\CCCCCCCCCC(=O)OCCCCCCCCCCC/C=C\C/C=C\CCCCCCCCCCCCCCCCCC(=O)NC(CO)C(O)/C=C/CCCCCCCCCCCCCCCCCCCCCCC. The summed E-state index contributed by atoms with van der Waals surface area (Å²) >= 11 is 0. The van der Waals surface area contributed by atoms with Gasteiger partial charge in [-0.25, -0.2) is 0 Å². The maximum Gasteiger partial charge on any atom is 0.305 e. The number of amides is 1. The van der Waals surface area contributed by atoms with E-state index in [1.807, 2.05) is 6.08 Å². The first-order chi connectivity index (χ1) is 43.5. The molecule has 0 heterocycles. The highest BCUT2D eigenvalue weighted by Gasteiger charge is 2.18. The van der Waals surface area contributed by atoms with Crippen molar-refractivity contribution < 1.29 is 24.5 Å². The van der Waals surface area contributed by atoms with Gasteiger partial charge < -0.3 is 20.3 Å². The predicted molar refractivity (Wildman–Crippen MR) is 389 cm³/mol. The van der Waals surface area contributed by atoms with Crippen LogP contribution >= 0.6 is 0 Å². The zero-order valence-corrected chi connectivity index (χ0v) is 59.5. The lowest BCUT2D eigenvalue weighted by molar-refractivity contribution is -0.143. The van der Waals surface area contributed by atoms with Gasteiger partial charge in [0.05, 0.1) is 25.4 Å². The van der Waals surface area contributed by atoms with Gasteiger partial charge in [0, 0.05) is 12.8 Å². The average molecular weight is 1240 g/mol. The molecular formula is C82H155NO5. The number of hydrogen-bond acceptors (Lipinski definition) is 5. The molecule has 2 unspecified atom stereocenters. The highest BCUT2D eigenvalue weighted by atomic mass is 16.5. The number of rotatable bonds is 75. The number of carbonyl (C=O) groups is 2. The van der Waals surface area contributed by atoms with E-state index in [1.165, 1.54) is 360 Å². The van der Waals surface area contributed by atoms with E-state index in [1.54, 1.807) is 6.08 Å². The van der Waals surface area contributed by atoms with Crippen molar-refractivity contribution in [3.8, 4) is 0 Å². The van der Waals surface area contributed by atoms with Gasteiger partial charge in [0.2, 0.25) is 5.91 Å². The number of esters is 1. The smallest absolute Gasteiger partial charge is 0.305 e. The molecule has 0 radical (unpaired) electrons. The van der Waals surface area contributed by atoms with Crippen LogP contribution in [0.5, 0.6) is 0 Å². The second-order valence-corrected chi connectivity index (χ2v) is 27.4. The Kier molecular flexibility index (Phi) is 75.4. The molecule has 1 amide bonds. The van der Waals surface area contributed by atoms with E-state index in [-0.39, 0.29) is 18.5 Å². The minimum atomic E-state index is -0.846. The second-order valence-electron chi connectivity index (χ2n) is 27.4. The third-order valence-corrected chi connectivity index (χ3v) is 18.6. The van der Waals surface area contributed by atoms with E-state index in [4.69, 9.17) is 4.74 Å². The molecular weight excluding hydrogens is 1080 g/mol. The minimum Gasteiger partial charge on any atom is -0.466 e. The molecule has 0 aliphatic carbocycles. The van der Waals surface area contributed by atoms with Crippen molar-refractivity contribution in [2.24, 2.45) is 0 Å². The lowest BCUT2D eigenvalue weighted by Gasteiger charge is -2.20. The maximum atomic E-state index is 12.6. The Labute approximate surface area is 550 Å². The lowest BCUT2D eigenvalue weighted by Crippen LogP contribution is -2.45. The van der Waals surface area contributed by atoms with Gasteiger partial charge in [-0.15, -0.1) is 0 Å². The second kappa shape index (κ2) is 77.3. The molecule has 6 nitrogen and oxygen atoms in total.